The Morgan fingerprint density at radius 1 is 1.18 bits per heavy atom. The highest BCUT2D eigenvalue weighted by molar-refractivity contribution is 7.89. The van der Waals surface area contributed by atoms with E-state index in [0.717, 1.165) is 24.8 Å². The summed E-state index contributed by atoms with van der Waals surface area (Å²) in [5, 5.41) is 0. The fraction of sp³-hybridized carbons (Fsp3) is 0.625. The quantitative estimate of drug-likeness (QED) is 0.831. The van der Waals surface area contributed by atoms with Crippen LogP contribution in [0.4, 0.5) is 0 Å². The minimum absolute atomic E-state index is 0. The van der Waals surface area contributed by atoms with Crippen molar-refractivity contribution in [2.75, 3.05) is 6.54 Å². The van der Waals surface area contributed by atoms with E-state index < -0.39 is 10.0 Å². The van der Waals surface area contributed by atoms with Crippen LogP contribution >= 0.6 is 12.4 Å². The van der Waals surface area contributed by atoms with Gasteiger partial charge >= 0.3 is 0 Å². The van der Waals surface area contributed by atoms with Crippen LogP contribution in [0.25, 0.3) is 0 Å². The highest BCUT2D eigenvalue weighted by Gasteiger charge is 2.27. The van der Waals surface area contributed by atoms with E-state index in [4.69, 9.17) is 5.73 Å². The SMILES string of the molecule is CCc1ccc(S(=O)(=O)NC(CN)C2CCCCC2)cc1.Cl. The van der Waals surface area contributed by atoms with Crippen LogP contribution < -0.4 is 10.5 Å². The first-order valence-electron chi connectivity index (χ1n) is 7.88. The van der Waals surface area contributed by atoms with E-state index in [2.05, 4.69) is 11.6 Å². The zero-order chi connectivity index (χ0) is 15.3. The molecule has 1 aliphatic rings. The number of hydrogen-bond acceptors (Lipinski definition) is 3. The number of rotatable bonds is 6. The molecule has 1 atom stereocenters. The summed E-state index contributed by atoms with van der Waals surface area (Å²) in [6, 6.07) is 6.94. The molecule has 1 aromatic rings. The summed E-state index contributed by atoms with van der Waals surface area (Å²) >= 11 is 0. The van der Waals surface area contributed by atoms with Crippen molar-refractivity contribution in [2.45, 2.75) is 56.4 Å². The van der Waals surface area contributed by atoms with E-state index in [1.807, 2.05) is 12.1 Å². The molecule has 0 bridgehead atoms. The van der Waals surface area contributed by atoms with Crippen molar-refractivity contribution in [2.24, 2.45) is 11.7 Å². The van der Waals surface area contributed by atoms with Crippen molar-refractivity contribution >= 4 is 22.4 Å². The summed E-state index contributed by atoms with van der Waals surface area (Å²) in [5.41, 5.74) is 6.94. The van der Waals surface area contributed by atoms with Gasteiger partial charge in [0.05, 0.1) is 4.90 Å². The normalized spacial score (nSPS) is 17.7. The minimum Gasteiger partial charge on any atom is -0.329 e. The van der Waals surface area contributed by atoms with Gasteiger partial charge in [0.15, 0.2) is 0 Å². The summed E-state index contributed by atoms with van der Waals surface area (Å²) in [5.74, 6) is 0.369. The first kappa shape index (κ1) is 19.4. The Balaban J connectivity index is 0.00000242. The molecule has 0 amide bonds. The fourth-order valence-corrected chi connectivity index (χ4v) is 4.36. The number of hydrogen-bond donors (Lipinski definition) is 2. The molecule has 1 saturated carbocycles. The molecule has 0 aliphatic heterocycles. The van der Waals surface area contributed by atoms with Crippen molar-refractivity contribution < 1.29 is 8.42 Å². The summed E-state index contributed by atoms with van der Waals surface area (Å²) in [6.07, 6.45) is 6.64. The third-order valence-electron chi connectivity index (χ3n) is 4.42. The number of nitrogens with two attached hydrogens (primary N) is 1. The van der Waals surface area contributed by atoms with Crippen molar-refractivity contribution in [1.29, 1.82) is 0 Å². The van der Waals surface area contributed by atoms with E-state index in [1.54, 1.807) is 12.1 Å². The summed E-state index contributed by atoms with van der Waals surface area (Å²) in [4.78, 5) is 0.328. The van der Waals surface area contributed by atoms with Gasteiger partial charge in [-0.05, 0) is 42.9 Å². The molecule has 3 N–H and O–H groups in total. The Morgan fingerprint density at radius 2 is 1.77 bits per heavy atom. The van der Waals surface area contributed by atoms with Crippen LogP contribution in [0, 0.1) is 5.92 Å². The molecule has 0 spiro atoms. The third kappa shape index (κ3) is 4.95. The predicted octanol–water partition coefficient (Wildman–Crippen LogP) is 2.86. The second-order valence-electron chi connectivity index (χ2n) is 5.86. The van der Waals surface area contributed by atoms with Gasteiger partial charge in [0.1, 0.15) is 0 Å². The van der Waals surface area contributed by atoms with E-state index in [-0.39, 0.29) is 18.4 Å². The maximum absolute atomic E-state index is 12.5. The average Bonchev–Trinajstić information content (AvgIpc) is 2.53. The van der Waals surface area contributed by atoms with Crippen molar-refractivity contribution in [3.05, 3.63) is 29.8 Å². The lowest BCUT2D eigenvalue weighted by Crippen LogP contribution is -2.45. The molecule has 6 heteroatoms. The molecule has 0 radical (unpaired) electrons. The Kier molecular flexibility index (Phi) is 7.83. The highest BCUT2D eigenvalue weighted by atomic mass is 35.5. The largest absolute Gasteiger partial charge is 0.329 e. The molecule has 2 rings (SSSR count). The molecule has 0 saturated heterocycles. The van der Waals surface area contributed by atoms with Crippen molar-refractivity contribution in [1.82, 2.24) is 4.72 Å². The zero-order valence-electron chi connectivity index (χ0n) is 13.1. The summed E-state index contributed by atoms with van der Waals surface area (Å²) < 4.78 is 27.8. The molecule has 4 nitrogen and oxygen atoms in total. The Hall–Kier alpha value is -0.620. The Morgan fingerprint density at radius 3 is 2.27 bits per heavy atom. The van der Waals surface area contributed by atoms with Gasteiger partial charge in [0, 0.05) is 12.6 Å². The second-order valence-corrected chi connectivity index (χ2v) is 7.57. The number of benzene rings is 1. The van der Waals surface area contributed by atoms with Crippen molar-refractivity contribution in [3.63, 3.8) is 0 Å². The monoisotopic (exact) mass is 346 g/mol. The average molecular weight is 347 g/mol. The van der Waals surface area contributed by atoms with Crippen LogP contribution in [0.3, 0.4) is 0 Å². The lowest BCUT2D eigenvalue weighted by atomic mass is 9.84. The third-order valence-corrected chi connectivity index (χ3v) is 5.93. The van der Waals surface area contributed by atoms with Crippen LogP contribution in [0.1, 0.15) is 44.6 Å². The maximum atomic E-state index is 12.5. The number of halogens is 1. The molecular weight excluding hydrogens is 320 g/mol. The van der Waals surface area contributed by atoms with E-state index in [9.17, 15) is 8.42 Å². The Labute approximate surface area is 140 Å². The number of aryl methyl sites for hydroxylation is 1. The predicted molar refractivity (Wildman–Crippen MR) is 92.8 cm³/mol. The van der Waals surface area contributed by atoms with Crippen LogP contribution in [0.2, 0.25) is 0 Å². The Bertz CT molecular complexity index is 540. The minimum atomic E-state index is -3.48. The highest BCUT2D eigenvalue weighted by Crippen LogP contribution is 2.27. The summed E-state index contributed by atoms with van der Waals surface area (Å²) in [6.45, 7) is 2.41. The topological polar surface area (TPSA) is 72.2 Å². The molecule has 1 unspecified atom stereocenters. The van der Waals surface area contributed by atoms with Crippen LogP contribution in [-0.2, 0) is 16.4 Å². The van der Waals surface area contributed by atoms with Crippen molar-refractivity contribution in [3.8, 4) is 0 Å². The molecule has 0 aromatic heterocycles. The number of sulfonamides is 1. The van der Waals surface area contributed by atoms with Gasteiger partial charge in [0.25, 0.3) is 0 Å². The first-order valence-corrected chi connectivity index (χ1v) is 9.36. The first-order chi connectivity index (χ1) is 10.1. The second kappa shape index (κ2) is 8.87. The summed E-state index contributed by atoms with van der Waals surface area (Å²) in [7, 11) is -3.48. The van der Waals surface area contributed by atoms with Gasteiger partial charge in [-0.25, -0.2) is 13.1 Å². The van der Waals surface area contributed by atoms with Gasteiger partial charge in [-0.2, -0.15) is 0 Å². The molecule has 1 aliphatic carbocycles. The van der Waals surface area contributed by atoms with Gasteiger partial charge in [-0.15, -0.1) is 12.4 Å². The lowest BCUT2D eigenvalue weighted by molar-refractivity contribution is 0.294. The smallest absolute Gasteiger partial charge is 0.240 e. The lowest BCUT2D eigenvalue weighted by Gasteiger charge is -2.29. The fourth-order valence-electron chi connectivity index (χ4n) is 3.04. The molecule has 1 aromatic carbocycles. The van der Waals surface area contributed by atoms with Crippen LogP contribution in [0.5, 0.6) is 0 Å². The number of nitrogens with one attached hydrogen (secondary N) is 1. The van der Waals surface area contributed by atoms with Gasteiger partial charge in [-0.1, -0.05) is 38.3 Å². The molecule has 1 fully saturated rings. The molecule has 22 heavy (non-hydrogen) atoms. The van der Waals surface area contributed by atoms with Crippen LogP contribution in [0.15, 0.2) is 29.2 Å². The van der Waals surface area contributed by atoms with E-state index in [1.165, 1.54) is 19.3 Å². The molecule has 0 heterocycles. The maximum Gasteiger partial charge on any atom is 0.240 e. The molecular formula is C16H27ClN2O2S. The van der Waals surface area contributed by atoms with Crippen LogP contribution in [-0.4, -0.2) is 21.0 Å². The van der Waals surface area contributed by atoms with E-state index in [0.29, 0.717) is 17.4 Å². The van der Waals surface area contributed by atoms with Gasteiger partial charge in [-0.3, -0.25) is 0 Å². The van der Waals surface area contributed by atoms with Gasteiger partial charge < -0.3 is 5.73 Å². The zero-order valence-corrected chi connectivity index (χ0v) is 14.8. The van der Waals surface area contributed by atoms with E-state index >= 15 is 0 Å². The molecule has 126 valence electrons. The standard InChI is InChI=1S/C16H26N2O2S.ClH/c1-2-13-8-10-15(11-9-13)21(19,20)18-16(12-17)14-6-4-3-5-7-14;/h8-11,14,16,18H,2-7,12,17H2,1H3;1H. The van der Waals surface area contributed by atoms with Gasteiger partial charge in [0.2, 0.25) is 10.0 Å².